The molecular weight excluding hydrogens is 460 g/mol. The first kappa shape index (κ1) is 28.3. The number of methoxy groups -OCH3 is 1. The van der Waals surface area contributed by atoms with Gasteiger partial charge in [0.1, 0.15) is 28.9 Å². The maximum Gasteiger partial charge on any atom is 0.174 e. The molecule has 0 amide bonds. The number of aromatic hydroxyl groups is 1. The van der Waals surface area contributed by atoms with Gasteiger partial charge in [0.05, 0.1) is 13.5 Å². The van der Waals surface area contributed by atoms with Crippen molar-refractivity contribution in [2.45, 2.75) is 86.7 Å². The Morgan fingerprint density at radius 3 is 2.32 bits per heavy atom. The highest BCUT2D eigenvalue weighted by molar-refractivity contribution is 6.03. The molecule has 1 atom stereocenters. The number of phenolic OH excluding ortho intramolecular Hbond substituents is 1. The van der Waals surface area contributed by atoms with Crippen LogP contribution in [0, 0.1) is 13.8 Å². The van der Waals surface area contributed by atoms with Gasteiger partial charge in [-0.15, -0.1) is 0 Å². The molecule has 198 valence electrons. The van der Waals surface area contributed by atoms with E-state index in [1.54, 1.807) is 7.11 Å². The number of fused-ring (bicyclic) bond motifs is 1. The minimum Gasteiger partial charge on any atom is -0.507 e. The summed E-state index contributed by atoms with van der Waals surface area (Å²) in [5.41, 5.74) is 8.88. The fourth-order valence-electron chi connectivity index (χ4n) is 4.90. The normalized spacial score (nSPS) is 15.1. The lowest BCUT2D eigenvalue weighted by molar-refractivity contribution is 0.0843. The summed E-state index contributed by atoms with van der Waals surface area (Å²) >= 11 is 0. The lowest BCUT2D eigenvalue weighted by Crippen LogP contribution is -2.22. The van der Waals surface area contributed by atoms with E-state index in [1.165, 1.54) is 16.7 Å². The number of hydrogen-bond donors (Lipinski definition) is 1. The lowest BCUT2D eigenvalue weighted by atomic mass is 9.88. The summed E-state index contributed by atoms with van der Waals surface area (Å²) in [5.74, 6) is 1.24. The summed E-state index contributed by atoms with van der Waals surface area (Å²) in [6.07, 6.45) is 9.63. The van der Waals surface area contributed by atoms with Gasteiger partial charge in [0.25, 0.3) is 0 Å². The number of carbonyl (C=O) groups is 1. The molecule has 0 saturated heterocycles. The minimum atomic E-state index is -0.439. The van der Waals surface area contributed by atoms with Gasteiger partial charge in [0, 0.05) is 11.1 Å². The van der Waals surface area contributed by atoms with Gasteiger partial charge in [0.2, 0.25) is 0 Å². The Bertz CT molecular complexity index is 1250. The molecule has 1 heterocycles. The van der Waals surface area contributed by atoms with E-state index in [9.17, 15) is 9.90 Å². The van der Waals surface area contributed by atoms with E-state index >= 15 is 0 Å². The Kier molecular flexibility index (Phi) is 9.42. The van der Waals surface area contributed by atoms with Crippen molar-refractivity contribution < 1.29 is 19.4 Å². The van der Waals surface area contributed by atoms with Gasteiger partial charge >= 0.3 is 0 Å². The Morgan fingerprint density at radius 1 is 1.00 bits per heavy atom. The van der Waals surface area contributed by atoms with Crippen LogP contribution in [0.15, 0.2) is 53.1 Å². The van der Waals surface area contributed by atoms with Gasteiger partial charge in [-0.05, 0) is 96.9 Å². The lowest BCUT2D eigenvalue weighted by Gasteiger charge is -2.29. The summed E-state index contributed by atoms with van der Waals surface area (Å²) in [6, 6.07) is 5.97. The van der Waals surface area contributed by atoms with Gasteiger partial charge in [-0.25, -0.2) is 0 Å². The molecule has 4 nitrogen and oxygen atoms in total. The van der Waals surface area contributed by atoms with Crippen molar-refractivity contribution in [1.29, 1.82) is 0 Å². The summed E-state index contributed by atoms with van der Waals surface area (Å²) in [7, 11) is 1.69. The van der Waals surface area contributed by atoms with Crippen LogP contribution in [0.3, 0.4) is 0 Å². The van der Waals surface area contributed by atoms with Crippen LogP contribution in [0.25, 0.3) is 0 Å². The number of aryl methyl sites for hydroxylation is 2. The molecule has 1 N–H and O–H groups in total. The third-order valence-corrected chi connectivity index (χ3v) is 7.02. The fourth-order valence-corrected chi connectivity index (χ4v) is 4.90. The Hall–Kier alpha value is -3.27. The van der Waals surface area contributed by atoms with E-state index in [0.717, 1.165) is 46.4 Å². The average Bonchev–Trinajstić information content (AvgIpc) is 2.81. The van der Waals surface area contributed by atoms with Gasteiger partial charge in [-0.2, -0.15) is 0 Å². The second-order valence-electron chi connectivity index (χ2n) is 10.7. The van der Waals surface area contributed by atoms with Crippen LogP contribution in [0.2, 0.25) is 0 Å². The Labute approximate surface area is 222 Å². The summed E-state index contributed by atoms with van der Waals surface area (Å²) < 4.78 is 12.3. The van der Waals surface area contributed by atoms with E-state index in [2.05, 4.69) is 45.1 Å². The third-order valence-electron chi connectivity index (χ3n) is 7.02. The van der Waals surface area contributed by atoms with Crippen LogP contribution >= 0.6 is 0 Å². The van der Waals surface area contributed by atoms with Crippen LogP contribution in [-0.4, -0.2) is 18.0 Å². The molecule has 2 aromatic carbocycles. The molecule has 0 bridgehead atoms. The topological polar surface area (TPSA) is 55.8 Å². The molecule has 0 spiro atoms. The van der Waals surface area contributed by atoms with Crippen molar-refractivity contribution in [3.63, 3.8) is 0 Å². The van der Waals surface area contributed by atoms with Gasteiger partial charge < -0.3 is 14.6 Å². The molecule has 1 aliphatic heterocycles. The maximum absolute atomic E-state index is 13.4. The second kappa shape index (κ2) is 12.3. The number of Topliss-reactive ketones (excluding diaryl/α,β-unsaturated/α-hetero) is 1. The summed E-state index contributed by atoms with van der Waals surface area (Å²) in [4.78, 5) is 13.4. The number of phenols is 1. The van der Waals surface area contributed by atoms with E-state index in [4.69, 9.17) is 9.47 Å². The van der Waals surface area contributed by atoms with E-state index in [0.29, 0.717) is 24.2 Å². The molecule has 2 aromatic rings. The molecule has 0 unspecified atom stereocenters. The number of ether oxygens (including phenoxy) is 2. The van der Waals surface area contributed by atoms with Crippen molar-refractivity contribution in [2.24, 2.45) is 0 Å². The molecule has 1 aliphatic rings. The average molecular weight is 503 g/mol. The molecule has 4 heteroatoms. The third kappa shape index (κ3) is 6.74. The Balaban J connectivity index is 1.97. The highest BCUT2D eigenvalue weighted by Gasteiger charge is 2.33. The van der Waals surface area contributed by atoms with Crippen LogP contribution < -0.4 is 9.47 Å². The zero-order chi connectivity index (χ0) is 27.3. The highest BCUT2D eigenvalue weighted by atomic mass is 16.5. The van der Waals surface area contributed by atoms with Crippen molar-refractivity contribution in [3.05, 3.63) is 86.5 Å². The van der Waals surface area contributed by atoms with Crippen LogP contribution in [0.1, 0.15) is 98.2 Å². The van der Waals surface area contributed by atoms with Crippen molar-refractivity contribution in [1.82, 2.24) is 0 Å². The summed E-state index contributed by atoms with van der Waals surface area (Å²) in [6.45, 7) is 14.4. The number of carbonyl (C=O) groups excluding carboxylic acids is 1. The standard InChI is InChI=1S/C33H42O4/c1-20(2)10-9-11-22(5)13-16-27-26(17-14-23(6)33(27)36-8)29-19-28(34)31-30(37-29)18-24(7)25(32(31)35)15-12-21(3)4/h10,12-14,17-18,29,35H,9,11,15-16,19H2,1-8H3/b22-13+/t29-/m0/s1. The predicted octanol–water partition coefficient (Wildman–Crippen LogP) is 8.47. The zero-order valence-electron chi connectivity index (χ0n) is 23.7. The Morgan fingerprint density at radius 2 is 1.68 bits per heavy atom. The van der Waals surface area contributed by atoms with Gasteiger partial charge in [-0.3, -0.25) is 4.79 Å². The first-order chi connectivity index (χ1) is 17.5. The van der Waals surface area contributed by atoms with Crippen LogP contribution in [-0.2, 0) is 12.8 Å². The number of allylic oxidation sites excluding steroid dienone is 6. The van der Waals surface area contributed by atoms with E-state index < -0.39 is 6.10 Å². The number of rotatable bonds is 9. The van der Waals surface area contributed by atoms with E-state index in [-0.39, 0.29) is 18.0 Å². The first-order valence-electron chi connectivity index (χ1n) is 13.2. The molecule has 0 fully saturated rings. The van der Waals surface area contributed by atoms with Crippen LogP contribution in [0.5, 0.6) is 17.2 Å². The molecular formula is C33H42O4. The molecule has 0 radical (unpaired) electrons. The maximum atomic E-state index is 13.4. The van der Waals surface area contributed by atoms with E-state index in [1.807, 2.05) is 39.8 Å². The zero-order valence-corrected chi connectivity index (χ0v) is 23.7. The molecule has 0 aliphatic carbocycles. The second-order valence-corrected chi connectivity index (χ2v) is 10.7. The SMILES string of the molecule is COc1c(C)ccc([C@@H]2CC(=O)c3c(cc(C)c(CC=C(C)C)c3O)O2)c1C/C=C(\C)CCC=C(C)C. The quantitative estimate of drug-likeness (QED) is 0.349. The van der Waals surface area contributed by atoms with Crippen molar-refractivity contribution >= 4 is 5.78 Å². The van der Waals surface area contributed by atoms with Crippen LogP contribution in [0.4, 0.5) is 0 Å². The monoisotopic (exact) mass is 502 g/mol. The largest absolute Gasteiger partial charge is 0.507 e. The molecule has 3 rings (SSSR count). The predicted molar refractivity (Wildman–Crippen MR) is 152 cm³/mol. The number of hydrogen-bond acceptors (Lipinski definition) is 4. The number of benzene rings is 2. The molecule has 37 heavy (non-hydrogen) atoms. The minimum absolute atomic E-state index is 0.0487. The first-order valence-corrected chi connectivity index (χ1v) is 13.2. The number of ketones is 1. The summed E-state index contributed by atoms with van der Waals surface area (Å²) in [5, 5.41) is 11.0. The van der Waals surface area contributed by atoms with Crippen molar-refractivity contribution in [3.8, 4) is 17.2 Å². The van der Waals surface area contributed by atoms with Gasteiger partial charge in [0.15, 0.2) is 5.78 Å². The molecule has 0 saturated carbocycles. The highest BCUT2D eigenvalue weighted by Crippen LogP contribution is 2.44. The fraction of sp³-hybridized carbons (Fsp3) is 0.424. The van der Waals surface area contributed by atoms with Crippen molar-refractivity contribution in [2.75, 3.05) is 7.11 Å². The van der Waals surface area contributed by atoms with Gasteiger partial charge in [-0.1, -0.05) is 47.1 Å². The smallest absolute Gasteiger partial charge is 0.174 e. The molecule has 0 aromatic heterocycles.